The summed E-state index contributed by atoms with van der Waals surface area (Å²) in [5.74, 6) is 0.301. The molecular formula is C8H15NO2. The first-order valence-corrected chi connectivity index (χ1v) is 4.11. The Labute approximate surface area is 66.8 Å². The van der Waals surface area contributed by atoms with Gasteiger partial charge in [-0.15, -0.1) is 0 Å². The van der Waals surface area contributed by atoms with Crippen LogP contribution in [-0.2, 0) is 4.79 Å². The molecule has 0 aromatic carbocycles. The molecule has 1 fully saturated rings. The molecule has 3 nitrogen and oxygen atoms in total. The molecule has 2 N–H and O–H groups in total. The van der Waals surface area contributed by atoms with Crippen LogP contribution in [0.1, 0.15) is 19.8 Å². The van der Waals surface area contributed by atoms with Crippen molar-refractivity contribution >= 4 is 5.97 Å². The van der Waals surface area contributed by atoms with E-state index in [1.54, 1.807) is 0 Å². The maximum atomic E-state index is 10.3. The Bertz CT molecular complexity index is 147. The molecule has 0 saturated carbocycles. The molecule has 0 aliphatic carbocycles. The lowest BCUT2D eigenvalue weighted by atomic mass is 9.90. The van der Waals surface area contributed by atoms with Crippen molar-refractivity contribution in [2.24, 2.45) is 11.8 Å². The smallest absolute Gasteiger partial charge is 0.303 e. The minimum absolute atomic E-state index is 0.317. The summed E-state index contributed by atoms with van der Waals surface area (Å²) >= 11 is 0. The second kappa shape index (κ2) is 3.72. The molecule has 1 heterocycles. The first-order valence-electron chi connectivity index (χ1n) is 4.11. The van der Waals surface area contributed by atoms with Crippen LogP contribution in [0.25, 0.3) is 0 Å². The third-order valence-electron chi connectivity index (χ3n) is 2.12. The van der Waals surface area contributed by atoms with Crippen LogP contribution in [0.3, 0.4) is 0 Å². The predicted octanol–water partition coefficient (Wildman–Crippen LogP) is 0.707. The van der Waals surface area contributed by atoms with Crippen molar-refractivity contribution in [1.82, 2.24) is 5.32 Å². The molecule has 1 rings (SSSR count). The maximum absolute atomic E-state index is 10.3. The summed E-state index contributed by atoms with van der Waals surface area (Å²) in [6.07, 6.45) is 1.37. The Balaban J connectivity index is 2.28. The second-order valence-electron chi connectivity index (χ2n) is 3.46. The van der Waals surface area contributed by atoms with E-state index in [0.717, 1.165) is 19.5 Å². The van der Waals surface area contributed by atoms with Crippen molar-refractivity contribution in [2.45, 2.75) is 19.8 Å². The average Bonchev–Trinajstić information content (AvgIpc) is 1.85. The lowest BCUT2D eigenvalue weighted by Gasteiger charge is -2.26. The van der Waals surface area contributed by atoms with Gasteiger partial charge in [0.15, 0.2) is 0 Å². The highest BCUT2D eigenvalue weighted by atomic mass is 16.4. The molecule has 2 atom stereocenters. The Morgan fingerprint density at radius 1 is 1.64 bits per heavy atom. The van der Waals surface area contributed by atoms with E-state index < -0.39 is 5.97 Å². The van der Waals surface area contributed by atoms with Gasteiger partial charge < -0.3 is 10.4 Å². The van der Waals surface area contributed by atoms with Gasteiger partial charge in [-0.25, -0.2) is 0 Å². The zero-order chi connectivity index (χ0) is 8.27. The summed E-state index contributed by atoms with van der Waals surface area (Å²) < 4.78 is 0. The molecule has 3 heteroatoms. The number of nitrogens with one attached hydrogen (secondary N) is 1. The average molecular weight is 157 g/mol. The standard InChI is InChI=1S/C8H15NO2/c1-6-2-7(3-8(10)11)5-9-4-6/h6-7,9H,2-5H2,1H3,(H,10,11). The minimum Gasteiger partial charge on any atom is -0.481 e. The molecule has 0 aromatic rings. The van der Waals surface area contributed by atoms with Crippen LogP contribution < -0.4 is 5.32 Å². The van der Waals surface area contributed by atoms with Gasteiger partial charge >= 0.3 is 5.97 Å². The van der Waals surface area contributed by atoms with Gasteiger partial charge in [0, 0.05) is 6.42 Å². The van der Waals surface area contributed by atoms with E-state index in [0.29, 0.717) is 18.3 Å². The maximum Gasteiger partial charge on any atom is 0.303 e. The van der Waals surface area contributed by atoms with Gasteiger partial charge in [0.25, 0.3) is 0 Å². The van der Waals surface area contributed by atoms with E-state index in [9.17, 15) is 4.79 Å². The summed E-state index contributed by atoms with van der Waals surface area (Å²) in [6.45, 7) is 4.06. The van der Waals surface area contributed by atoms with Crippen LogP contribution in [0.2, 0.25) is 0 Å². The molecule has 1 saturated heterocycles. The second-order valence-corrected chi connectivity index (χ2v) is 3.46. The highest BCUT2D eigenvalue weighted by Crippen LogP contribution is 2.18. The summed E-state index contributed by atoms with van der Waals surface area (Å²) in [5, 5.41) is 11.8. The highest BCUT2D eigenvalue weighted by molar-refractivity contribution is 5.67. The van der Waals surface area contributed by atoms with Crippen molar-refractivity contribution in [3.8, 4) is 0 Å². The molecule has 0 bridgehead atoms. The fourth-order valence-corrected chi connectivity index (χ4v) is 1.67. The number of carboxylic acids is 1. The van der Waals surface area contributed by atoms with E-state index in [1.165, 1.54) is 0 Å². The van der Waals surface area contributed by atoms with E-state index in [-0.39, 0.29) is 0 Å². The molecule has 11 heavy (non-hydrogen) atoms. The molecule has 0 radical (unpaired) electrons. The first-order chi connectivity index (χ1) is 5.18. The molecule has 0 amide bonds. The monoisotopic (exact) mass is 157 g/mol. The van der Waals surface area contributed by atoms with Crippen LogP contribution in [0.4, 0.5) is 0 Å². The molecule has 0 aromatic heterocycles. The highest BCUT2D eigenvalue weighted by Gasteiger charge is 2.20. The Kier molecular flexibility index (Phi) is 2.88. The molecular weight excluding hydrogens is 142 g/mol. The van der Waals surface area contributed by atoms with Gasteiger partial charge in [-0.2, -0.15) is 0 Å². The van der Waals surface area contributed by atoms with Crippen LogP contribution in [0.5, 0.6) is 0 Å². The van der Waals surface area contributed by atoms with Crippen LogP contribution in [0.15, 0.2) is 0 Å². The largest absolute Gasteiger partial charge is 0.481 e. The number of hydrogen-bond donors (Lipinski definition) is 2. The minimum atomic E-state index is -0.675. The number of rotatable bonds is 2. The summed E-state index contributed by atoms with van der Waals surface area (Å²) in [7, 11) is 0. The normalized spacial score (nSPS) is 31.7. The van der Waals surface area contributed by atoms with Crippen molar-refractivity contribution in [2.75, 3.05) is 13.1 Å². The van der Waals surface area contributed by atoms with E-state index in [4.69, 9.17) is 5.11 Å². The van der Waals surface area contributed by atoms with Gasteiger partial charge in [-0.3, -0.25) is 4.79 Å². The SMILES string of the molecule is CC1CNCC(CC(=O)O)C1. The van der Waals surface area contributed by atoms with Gasteiger partial charge in [-0.05, 0) is 31.3 Å². The summed E-state index contributed by atoms with van der Waals surface area (Å²) in [4.78, 5) is 10.3. The zero-order valence-corrected chi connectivity index (χ0v) is 6.84. The number of aliphatic carboxylic acids is 1. The fourth-order valence-electron chi connectivity index (χ4n) is 1.67. The topological polar surface area (TPSA) is 49.3 Å². The van der Waals surface area contributed by atoms with Crippen molar-refractivity contribution < 1.29 is 9.90 Å². The van der Waals surface area contributed by atoms with Gasteiger partial charge in [0.05, 0.1) is 0 Å². The van der Waals surface area contributed by atoms with Crippen LogP contribution in [-0.4, -0.2) is 24.2 Å². The van der Waals surface area contributed by atoms with Gasteiger partial charge in [0.2, 0.25) is 0 Å². The third-order valence-corrected chi connectivity index (χ3v) is 2.12. The number of hydrogen-bond acceptors (Lipinski definition) is 2. The zero-order valence-electron chi connectivity index (χ0n) is 6.84. The van der Waals surface area contributed by atoms with E-state index in [2.05, 4.69) is 12.2 Å². The molecule has 1 aliphatic heterocycles. The predicted molar refractivity (Wildman–Crippen MR) is 42.4 cm³/mol. The van der Waals surface area contributed by atoms with Crippen molar-refractivity contribution in [3.05, 3.63) is 0 Å². The Morgan fingerprint density at radius 3 is 2.91 bits per heavy atom. The number of piperidine rings is 1. The summed E-state index contributed by atoms with van der Waals surface area (Å²) in [6, 6.07) is 0. The van der Waals surface area contributed by atoms with Crippen molar-refractivity contribution in [3.63, 3.8) is 0 Å². The first kappa shape index (κ1) is 8.53. The van der Waals surface area contributed by atoms with Gasteiger partial charge in [-0.1, -0.05) is 6.92 Å². The molecule has 0 spiro atoms. The third kappa shape index (κ3) is 2.89. The molecule has 2 unspecified atom stereocenters. The fraction of sp³-hybridized carbons (Fsp3) is 0.875. The molecule has 64 valence electrons. The van der Waals surface area contributed by atoms with E-state index in [1.807, 2.05) is 0 Å². The number of carbonyl (C=O) groups is 1. The quantitative estimate of drug-likeness (QED) is 0.620. The lowest BCUT2D eigenvalue weighted by molar-refractivity contribution is -0.138. The Morgan fingerprint density at radius 2 is 2.36 bits per heavy atom. The number of carboxylic acid groups (broad SMARTS) is 1. The van der Waals surface area contributed by atoms with Crippen LogP contribution >= 0.6 is 0 Å². The lowest BCUT2D eigenvalue weighted by Crippen LogP contribution is -2.35. The molecule has 1 aliphatic rings. The summed E-state index contributed by atoms with van der Waals surface area (Å²) in [5.41, 5.74) is 0. The Hall–Kier alpha value is -0.570. The van der Waals surface area contributed by atoms with Gasteiger partial charge in [0.1, 0.15) is 0 Å². The van der Waals surface area contributed by atoms with E-state index >= 15 is 0 Å². The van der Waals surface area contributed by atoms with Crippen molar-refractivity contribution in [1.29, 1.82) is 0 Å². The van der Waals surface area contributed by atoms with Crippen LogP contribution in [0, 0.1) is 11.8 Å².